The highest BCUT2D eigenvalue weighted by atomic mass is 31.2. The lowest BCUT2D eigenvalue weighted by Crippen LogP contribution is -2.29. The fourth-order valence-corrected chi connectivity index (χ4v) is 7.63. The van der Waals surface area contributed by atoms with E-state index in [1.165, 1.54) is 161 Å². The van der Waals surface area contributed by atoms with Gasteiger partial charge in [-0.3, -0.25) is 18.6 Å². The predicted molar refractivity (Wildman–Crippen MR) is 234 cm³/mol. The third kappa shape index (κ3) is 42.4. The molecule has 0 saturated carbocycles. The van der Waals surface area contributed by atoms with Crippen LogP contribution in [0.5, 0.6) is 0 Å². The van der Waals surface area contributed by atoms with Crippen molar-refractivity contribution in [3.8, 4) is 0 Å². The molecule has 3 N–H and O–H groups in total. The highest BCUT2D eigenvalue weighted by Gasteiger charge is 2.26. The van der Waals surface area contributed by atoms with Crippen LogP contribution in [-0.2, 0) is 32.7 Å². The summed E-state index contributed by atoms with van der Waals surface area (Å²) in [5.74, 6) is -0.834. The second-order valence-electron chi connectivity index (χ2n) is 16.0. The van der Waals surface area contributed by atoms with Crippen LogP contribution in [0.25, 0.3) is 0 Å². The molecule has 0 aromatic heterocycles. The van der Waals surface area contributed by atoms with E-state index in [9.17, 15) is 19.0 Å². The summed E-state index contributed by atoms with van der Waals surface area (Å²) in [6.45, 7) is 3.75. The van der Waals surface area contributed by atoms with Crippen LogP contribution >= 0.6 is 7.82 Å². The molecule has 0 aliphatic carbocycles. The molecular weight excluding hydrogens is 725 g/mol. The Morgan fingerprint density at radius 3 is 1.29 bits per heavy atom. The second kappa shape index (κ2) is 43.3. The van der Waals surface area contributed by atoms with Crippen molar-refractivity contribution >= 4 is 19.8 Å². The molecular formula is C46H90NO8P. The van der Waals surface area contributed by atoms with Gasteiger partial charge >= 0.3 is 19.8 Å². The molecule has 0 aliphatic rings. The Kier molecular flexibility index (Phi) is 42.4. The number of unbranched alkanes of at least 4 members (excludes halogenated alkanes) is 30. The van der Waals surface area contributed by atoms with Gasteiger partial charge in [0.05, 0.1) is 13.2 Å². The number of allylic oxidation sites excluding steroid dienone is 2. The highest BCUT2D eigenvalue weighted by Crippen LogP contribution is 2.43. The molecule has 0 bridgehead atoms. The number of carbonyl (C=O) groups excluding carboxylic acids is 2. The van der Waals surface area contributed by atoms with Gasteiger partial charge in [0.1, 0.15) is 6.61 Å². The summed E-state index contributed by atoms with van der Waals surface area (Å²) in [5, 5.41) is 0. The summed E-state index contributed by atoms with van der Waals surface area (Å²) in [6, 6.07) is 0. The topological polar surface area (TPSA) is 134 Å². The first-order valence-corrected chi connectivity index (χ1v) is 25.2. The van der Waals surface area contributed by atoms with Crippen LogP contribution in [0, 0.1) is 0 Å². The molecule has 0 spiro atoms. The van der Waals surface area contributed by atoms with Crippen molar-refractivity contribution in [2.45, 2.75) is 245 Å². The first-order chi connectivity index (χ1) is 27.3. The van der Waals surface area contributed by atoms with E-state index in [0.717, 1.165) is 38.5 Å². The Labute approximate surface area is 345 Å². The third-order valence-electron chi connectivity index (χ3n) is 10.4. The number of hydrogen-bond donors (Lipinski definition) is 2. The Morgan fingerprint density at radius 2 is 0.875 bits per heavy atom. The van der Waals surface area contributed by atoms with Crippen LogP contribution < -0.4 is 5.73 Å². The van der Waals surface area contributed by atoms with Crippen molar-refractivity contribution < 1.29 is 37.6 Å². The van der Waals surface area contributed by atoms with Gasteiger partial charge < -0.3 is 20.1 Å². The molecule has 0 heterocycles. The van der Waals surface area contributed by atoms with Gasteiger partial charge in [0.25, 0.3) is 0 Å². The van der Waals surface area contributed by atoms with E-state index < -0.39 is 32.5 Å². The van der Waals surface area contributed by atoms with Crippen LogP contribution in [0.1, 0.15) is 239 Å². The first kappa shape index (κ1) is 54.8. The lowest BCUT2D eigenvalue weighted by atomic mass is 10.0. The van der Waals surface area contributed by atoms with Crippen molar-refractivity contribution in [2.75, 3.05) is 26.4 Å². The molecule has 0 aromatic carbocycles. The quantitative estimate of drug-likeness (QED) is 0.0266. The Hall–Kier alpha value is -1.25. The van der Waals surface area contributed by atoms with Crippen LogP contribution in [0.3, 0.4) is 0 Å². The fourth-order valence-electron chi connectivity index (χ4n) is 6.87. The van der Waals surface area contributed by atoms with E-state index >= 15 is 0 Å². The molecule has 0 amide bonds. The molecule has 1 unspecified atom stereocenters. The van der Waals surface area contributed by atoms with Gasteiger partial charge in [-0.05, 0) is 38.5 Å². The number of ether oxygens (including phenoxy) is 2. The average Bonchev–Trinajstić information content (AvgIpc) is 3.18. The van der Waals surface area contributed by atoms with Crippen molar-refractivity contribution in [3.05, 3.63) is 12.2 Å². The molecule has 0 aromatic rings. The summed E-state index contributed by atoms with van der Waals surface area (Å²) in [7, 11) is -4.38. The second-order valence-corrected chi connectivity index (χ2v) is 17.4. The normalized spacial score (nSPS) is 13.3. The number of hydrogen-bond acceptors (Lipinski definition) is 8. The first-order valence-electron chi connectivity index (χ1n) is 23.7. The summed E-state index contributed by atoms with van der Waals surface area (Å²) in [4.78, 5) is 34.9. The van der Waals surface area contributed by atoms with Gasteiger partial charge in [0.2, 0.25) is 0 Å². The number of nitrogens with two attached hydrogens (primary N) is 1. The number of esters is 2. The van der Waals surface area contributed by atoms with Gasteiger partial charge in [-0.2, -0.15) is 0 Å². The molecule has 9 nitrogen and oxygen atoms in total. The van der Waals surface area contributed by atoms with E-state index in [0.29, 0.717) is 12.8 Å². The maximum atomic E-state index is 12.6. The molecule has 10 heteroatoms. The molecule has 2 atom stereocenters. The van der Waals surface area contributed by atoms with Crippen LogP contribution in [0.15, 0.2) is 12.2 Å². The lowest BCUT2D eigenvalue weighted by molar-refractivity contribution is -0.161. The summed E-state index contributed by atoms with van der Waals surface area (Å²) >= 11 is 0. The Balaban J connectivity index is 4.02. The molecule has 56 heavy (non-hydrogen) atoms. The zero-order valence-electron chi connectivity index (χ0n) is 36.6. The van der Waals surface area contributed by atoms with Crippen molar-refractivity contribution in [3.63, 3.8) is 0 Å². The fraction of sp³-hybridized carbons (Fsp3) is 0.913. The number of phosphoric acid groups is 1. The minimum absolute atomic E-state index is 0.0545. The summed E-state index contributed by atoms with van der Waals surface area (Å²) < 4.78 is 32.8. The van der Waals surface area contributed by atoms with Crippen molar-refractivity contribution in [2.24, 2.45) is 5.73 Å². The van der Waals surface area contributed by atoms with E-state index in [1.54, 1.807) is 0 Å². The zero-order chi connectivity index (χ0) is 41.1. The number of rotatable bonds is 45. The van der Waals surface area contributed by atoms with Crippen molar-refractivity contribution in [1.29, 1.82) is 0 Å². The molecule has 0 rings (SSSR count). The molecule has 0 fully saturated rings. The smallest absolute Gasteiger partial charge is 0.462 e. The minimum atomic E-state index is -4.38. The third-order valence-corrected chi connectivity index (χ3v) is 11.4. The maximum absolute atomic E-state index is 12.6. The summed E-state index contributed by atoms with van der Waals surface area (Å²) in [5.41, 5.74) is 5.35. The Morgan fingerprint density at radius 1 is 0.518 bits per heavy atom. The summed E-state index contributed by atoms with van der Waals surface area (Å²) in [6.07, 6.45) is 45.4. The number of phosphoric ester groups is 1. The van der Waals surface area contributed by atoms with Gasteiger partial charge in [-0.25, -0.2) is 4.57 Å². The predicted octanol–water partition coefficient (Wildman–Crippen LogP) is 13.8. The standard InChI is InChI=1S/C46H90NO8P/c1-3-5-7-9-11-13-15-17-18-19-20-21-22-23-24-25-27-29-31-33-35-37-39-46(49)55-44(43-54-56(50,51)53-41-40-47)42-52-45(48)38-36-34-32-30-28-26-16-14-12-10-8-6-4-2/h26,28,44H,3-25,27,29-43,47H2,1-2H3,(H,50,51)/b28-26+/t44-/m1/s1. The van der Waals surface area contributed by atoms with Gasteiger partial charge in [-0.15, -0.1) is 0 Å². The molecule has 332 valence electrons. The molecule has 0 saturated heterocycles. The van der Waals surface area contributed by atoms with Crippen LogP contribution in [-0.4, -0.2) is 49.3 Å². The maximum Gasteiger partial charge on any atom is 0.472 e. The minimum Gasteiger partial charge on any atom is -0.462 e. The average molecular weight is 816 g/mol. The van der Waals surface area contributed by atoms with Crippen LogP contribution in [0.2, 0.25) is 0 Å². The van der Waals surface area contributed by atoms with E-state index in [1.807, 2.05) is 0 Å². The highest BCUT2D eigenvalue weighted by molar-refractivity contribution is 7.47. The van der Waals surface area contributed by atoms with E-state index in [2.05, 4.69) is 26.0 Å². The largest absolute Gasteiger partial charge is 0.472 e. The molecule has 0 radical (unpaired) electrons. The SMILES string of the molecule is CCCCCCCC/C=C/CCCCCC(=O)OC[C@H](COP(=O)(O)OCCN)OC(=O)CCCCCCCCCCCCCCCCCCCCCCCC. The van der Waals surface area contributed by atoms with Gasteiger partial charge in [-0.1, -0.05) is 199 Å². The Bertz CT molecular complexity index is 933. The van der Waals surface area contributed by atoms with E-state index in [-0.39, 0.29) is 32.6 Å². The lowest BCUT2D eigenvalue weighted by Gasteiger charge is -2.19. The van der Waals surface area contributed by atoms with Gasteiger partial charge in [0.15, 0.2) is 6.10 Å². The van der Waals surface area contributed by atoms with Gasteiger partial charge in [0, 0.05) is 19.4 Å². The zero-order valence-corrected chi connectivity index (χ0v) is 37.5. The monoisotopic (exact) mass is 816 g/mol. The van der Waals surface area contributed by atoms with Crippen molar-refractivity contribution in [1.82, 2.24) is 0 Å². The molecule has 0 aliphatic heterocycles. The number of carbonyl (C=O) groups is 2. The van der Waals surface area contributed by atoms with E-state index in [4.69, 9.17) is 24.3 Å². The van der Waals surface area contributed by atoms with Crippen LogP contribution in [0.4, 0.5) is 0 Å².